The van der Waals surface area contributed by atoms with Crippen molar-refractivity contribution in [1.82, 2.24) is 0 Å². The summed E-state index contributed by atoms with van der Waals surface area (Å²) < 4.78 is 0. The van der Waals surface area contributed by atoms with Crippen molar-refractivity contribution in [1.29, 1.82) is 0 Å². The van der Waals surface area contributed by atoms with Gasteiger partial charge in [-0.15, -0.1) is 24.0 Å². The van der Waals surface area contributed by atoms with E-state index < -0.39 is 0 Å². The highest BCUT2D eigenvalue weighted by atomic mass is 35.5. The van der Waals surface area contributed by atoms with Gasteiger partial charge in [-0.3, -0.25) is 0 Å². The number of hydrogen-bond donors (Lipinski definition) is 1. The van der Waals surface area contributed by atoms with Gasteiger partial charge in [-0.1, -0.05) is 0 Å². The molecule has 0 amide bonds. The molecule has 40 valence electrons. The van der Waals surface area contributed by atoms with Crippen LogP contribution in [0.15, 0.2) is 0 Å². The summed E-state index contributed by atoms with van der Waals surface area (Å²) in [6.07, 6.45) is -0.350. The van der Waals surface area contributed by atoms with E-state index in [4.69, 9.17) is 16.7 Å². The van der Waals surface area contributed by atoms with E-state index in [-0.39, 0.29) is 18.5 Å². The van der Waals surface area contributed by atoms with Crippen LogP contribution in [0.1, 0.15) is 6.92 Å². The van der Waals surface area contributed by atoms with Gasteiger partial charge in [0.1, 0.15) is 0 Å². The standard InChI is InChI=1S/C3H7ClO.ClH/c1-3(5)2-4;/h3,5H,2H2,1H3;1H/t3-;/m0./s1. The smallest absolute Gasteiger partial charge is 0.0647 e. The van der Waals surface area contributed by atoms with Gasteiger partial charge in [0.15, 0.2) is 0 Å². The zero-order chi connectivity index (χ0) is 4.28. The molecule has 0 fully saturated rings. The van der Waals surface area contributed by atoms with Crippen molar-refractivity contribution in [2.45, 2.75) is 13.0 Å². The van der Waals surface area contributed by atoms with E-state index in [0.29, 0.717) is 5.88 Å². The highest BCUT2D eigenvalue weighted by molar-refractivity contribution is 6.18. The van der Waals surface area contributed by atoms with Crippen molar-refractivity contribution in [3.63, 3.8) is 0 Å². The molecule has 0 aromatic rings. The summed E-state index contributed by atoms with van der Waals surface area (Å²) >= 11 is 5.09. The fourth-order valence-electron chi connectivity index (χ4n) is 0. The van der Waals surface area contributed by atoms with Crippen LogP contribution in [0.5, 0.6) is 0 Å². The van der Waals surface area contributed by atoms with Crippen LogP contribution in [0, 0.1) is 0 Å². The minimum Gasteiger partial charge on any atom is -0.392 e. The second kappa shape index (κ2) is 5.54. The molecule has 6 heavy (non-hydrogen) atoms. The van der Waals surface area contributed by atoms with E-state index in [1.165, 1.54) is 0 Å². The van der Waals surface area contributed by atoms with Gasteiger partial charge in [0, 0.05) is 5.88 Å². The van der Waals surface area contributed by atoms with Gasteiger partial charge in [-0.25, -0.2) is 0 Å². The minimum absolute atomic E-state index is 0. The molecule has 0 bridgehead atoms. The monoisotopic (exact) mass is 130 g/mol. The summed E-state index contributed by atoms with van der Waals surface area (Å²) in [5.74, 6) is 0.333. The molecule has 0 spiro atoms. The summed E-state index contributed by atoms with van der Waals surface area (Å²) in [7, 11) is 0. The summed E-state index contributed by atoms with van der Waals surface area (Å²) in [6.45, 7) is 1.65. The molecule has 1 nitrogen and oxygen atoms in total. The Morgan fingerprint density at radius 2 is 2.00 bits per heavy atom. The second-order valence-electron chi connectivity index (χ2n) is 1.00. The third-order valence-corrected chi connectivity index (χ3v) is 0.670. The lowest BCUT2D eigenvalue weighted by atomic mass is 10.5. The molecule has 0 saturated carbocycles. The fourth-order valence-corrected chi connectivity index (χ4v) is 0. The SMILES string of the molecule is C[C@H](O)CCl.Cl. The van der Waals surface area contributed by atoms with Crippen molar-refractivity contribution < 1.29 is 5.11 Å². The van der Waals surface area contributed by atoms with Gasteiger partial charge in [0.05, 0.1) is 6.10 Å². The Morgan fingerprint density at radius 1 is 1.83 bits per heavy atom. The van der Waals surface area contributed by atoms with Gasteiger partial charge < -0.3 is 5.11 Å². The molecule has 1 atom stereocenters. The number of alkyl halides is 1. The zero-order valence-electron chi connectivity index (χ0n) is 3.52. The topological polar surface area (TPSA) is 20.2 Å². The van der Waals surface area contributed by atoms with Gasteiger partial charge in [0.2, 0.25) is 0 Å². The van der Waals surface area contributed by atoms with Crippen LogP contribution < -0.4 is 0 Å². The number of aliphatic hydroxyl groups is 1. The average molecular weight is 131 g/mol. The summed E-state index contributed by atoms with van der Waals surface area (Å²) in [6, 6.07) is 0. The molecule has 0 aromatic carbocycles. The van der Waals surface area contributed by atoms with E-state index in [1.54, 1.807) is 6.92 Å². The first-order chi connectivity index (χ1) is 2.27. The van der Waals surface area contributed by atoms with Gasteiger partial charge >= 0.3 is 0 Å². The lowest BCUT2D eigenvalue weighted by Gasteiger charge is -1.88. The Kier molecular flexibility index (Phi) is 8.99. The van der Waals surface area contributed by atoms with E-state index >= 15 is 0 Å². The Hall–Kier alpha value is 0.540. The normalized spacial score (nSPS) is 12.5. The first kappa shape index (κ1) is 9.74. The molecule has 0 heterocycles. The van der Waals surface area contributed by atoms with Gasteiger partial charge in [0.25, 0.3) is 0 Å². The van der Waals surface area contributed by atoms with Crippen molar-refractivity contribution in [2.75, 3.05) is 5.88 Å². The number of hydrogen-bond acceptors (Lipinski definition) is 1. The Balaban J connectivity index is 0. The molecule has 0 aliphatic heterocycles. The molecule has 0 saturated heterocycles. The average Bonchev–Trinajstić information content (AvgIpc) is 1.38. The highest BCUT2D eigenvalue weighted by Gasteiger charge is 1.83. The first-order valence-electron chi connectivity index (χ1n) is 1.51. The molecular formula is C3H8Cl2O. The number of aliphatic hydroxyl groups excluding tert-OH is 1. The first-order valence-corrected chi connectivity index (χ1v) is 2.05. The summed E-state index contributed by atoms with van der Waals surface area (Å²) in [5, 5.41) is 8.23. The molecule has 0 aliphatic rings. The molecule has 1 N–H and O–H groups in total. The zero-order valence-corrected chi connectivity index (χ0v) is 5.09. The van der Waals surface area contributed by atoms with Gasteiger partial charge in [-0.05, 0) is 6.92 Å². The summed E-state index contributed by atoms with van der Waals surface area (Å²) in [5.41, 5.74) is 0. The third kappa shape index (κ3) is 8.82. The molecular weight excluding hydrogens is 123 g/mol. The van der Waals surface area contributed by atoms with Crippen molar-refractivity contribution in [3.8, 4) is 0 Å². The van der Waals surface area contributed by atoms with Crippen molar-refractivity contribution in [2.24, 2.45) is 0 Å². The molecule has 0 aromatic heterocycles. The molecule has 0 unspecified atom stereocenters. The maximum atomic E-state index is 8.23. The number of halogens is 2. The van der Waals surface area contributed by atoms with E-state index in [1.807, 2.05) is 0 Å². The van der Waals surface area contributed by atoms with Crippen LogP contribution in [0.25, 0.3) is 0 Å². The molecule has 0 rings (SSSR count). The summed E-state index contributed by atoms with van der Waals surface area (Å²) in [4.78, 5) is 0. The minimum atomic E-state index is -0.350. The molecule has 0 radical (unpaired) electrons. The van der Waals surface area contributed by atoms with Crippen LogP contribution in [0.2, 0.25) is 0 Å². The largest absolute Gasteiger partial charge is 0.392 e. The van der Waals surface area contributed by atoms with E-state index in [2.05, 4.69) is 0 Å². The van der Waals surface area contributed by atoms with Crippen LogP contribution in [-0.4, -0.2) is 17.1 Å². The number of rotatable bonds is 1. The quantitative estimate of drug-likeness (QED) is 0.527. The fraction of sp³-hybridized carbons (Fsp3) is 1.00. The van der Waals surface area contributed by atoms with E-state index in [9.17, 15) is 0 Å². The maximum Gasteiger partial charge on any atom is 0.0647 e. The van der Waals surface area contributed by atoms with Crippen LogP contribution in [-0.2, 0) is 0 Å². The Labute approximate surface area is 48.7 Å². The van der Waals surface area contributed by atoms with Crippen molar-refractivity contribution in [3.05, 3.63) is 0 Å². The second-order valence-corrected chi connectivity index (χ2v) is 1.31. The van der Waals surface area contributed by atoms with E-state index in [0.717, 1.165) is 0 Å². The Bertz CT molecular complexity index is 22.8. The lowest BCUT2D eigenvalue weighted by molar-refractivity contribution is 0.219. The van der Waals surface area contributed by atoms with Crippen LogP contribution >= 0.6 is 24.0 Å². The lowest BCUT2D eigenvalue weighted by Crippen LogP contribution is -1.98. The van der Waals surface area contributed by atoms with Gasteiger partial charge in [-0.2, -0.15) is 0 Å². The maximum absolute atomic E-state index is 8.23. The predicted molar refractivity (Wildman–Crippen MR) is 29.6 cm³/mol. The third-order valence-electron chi connectivity index (χ3n) is 0.223. The van der Waals surface area contributed by atoms with Crippen molar-refractivity contribution >= 4 is 24.0 Å². The highest BCUT2D eigenvalue weighted by Crippen LogP contribution is 1.80. The van der Waals surface area contributed by atoms with Crippen LogP contribution in [0.3, 0.4) is 0 Å². The Morgan fingerprint density at radius 3 is 2.00 bits per heavy atom. The van der Waals surface area contributed by atoms with Crippen LogP contribution in [0.4, 0.5) is 0 Å². The molecule has 3 heteroatoms. The predicted octanol–water partition coefficient (Wildman–Crippen LogP) is 1.03. The molecule has 0 aliphatic carbocycles.